The maximum Gasteiger partial charge on any atom is 0.244 e. The topological polar surface area (TPSA) is 49.4 Å². The highest BCUT2D eigenvalue weighted by atomic mass is 16.2. The molecule has 1 saturated heterocycles. The molecule has 2 rings (SSSR count). The molecular weight excluding hydrogens is 276 g/mol. The third kappa shape index (κ3) is 4.58. The molecule has 0 radical (unpaired) electrons. The Hall–Kier alpha value is -1.84. The summed E-state index contributed by atoms with van der Waals surface area (Å²) in [6.45, 7) is 5.15. The Balaban J connectivity index is 1.79. The average molecular weight is 302 g/mol. The quantitative estimate of drug-likeness (QED) is 0.908. The summed E-state index contributed by atoms with van der Waals surface area (Å²) in [5, 5.41) is 2.75. The van der Waals surface area contributed by atoms with Crippen LogP contribution in [0.4, 0.5) is 0 Å². The Labute approximate surface area is 132 Å². The molecule has 1 aromatic carbocycles. The number of amides is 2. The fourth-order valence-corrected chi connectivity index (χ4v) is 2.98. The van der Waals surface area contributed by atoms with Crippen molar-refractivity contribution >= 4 is 11.8 Å². The van der Waals surface area contributed by atoms with Gasteiger partial charge < -0.3 is 10.2 Å². The Morgan fingerprint density at radius 3 is 2.45 bits per heavy atom. The summed E-state index contributed by atoms with van der Waals surface area (Å²) in [5.74, 6) is 0.617. The number of nitrogens with zero attached hydrogens (tertiary/aromatic N) is 1. The van der Waals surface area contributed by atoms with E-state index in [1.165, 1.54) is 5.56 Å². The second-order valence-corrected chi connectivity index (χ2v) is 6.10. The van der Waals surface area contributed by atoms with Crippen LogP contribution < -0.4 is 5.32 Å². The van der Waals surface area contributed by atoms with Crippen molar-refractivity contribution in [1.82, 2.24) is 10.2 Å². The Morgan fingerprint density at radius 2 is 1.86 bits per heavy atom. The molecule has 1 heterocycles. The first-order valence-corrected chi connectivity index (χ1v) is 8.22. The third-order valence-corrected chi connectivity index (χ3v) is 4.36. The number of benzene rings is 1. The van der Waals surface area contributed by atoms with Gasteiger partial charge in [-0.2, -0.15) is 0 Å². The molecule has 2 amide bonds. The van der Waals surface area contributed by atoms with Gasteiger partial charge in [-0.1, -0.05) is 37.3 Å². The van der Waals surface area contributed by atoms with Gasteiger partial charge >= 0.3 is 0 Å². The molecule has 1 atom stereocenters. The zero-order valence-electron chi connectivity index (χ0n) is 13.5. The van der Waals surface area contributed by atoms with Gasteiger partial charge in [-0.3, -0.25) is 9.59 Å². The molecule has 1 N–H and O–H groups in total. The van der Waals surface area contributed by atoms with Crippen molar-refractivity contribution in [1.29, 1.82) is 0 Å². The van der Waals surface area contributed by atoms with Gasteiger partial charge in [-0.05, 0) is 37.7 Å². The summed E-state index contributed by atoms with van der Waals surface area (Å²) in [6.07, 6.45) is 3.58. The van der Waals surface area contributed by atoms with Gasteiger partial charge in [0.25, 0.3) is 0 Å². The van der Waals surface area contributed by atoms with Crippen LogP contribution in [0.15, 0.2) is 30.3 Å². The second kappa shape index (κ2) is 7.97. The lowest BCUT2D eigenvalue weighted by Crippen LogP contribution is -2.49. The minimum absolute atomic E-state index is 0.0416. The molecule has 0 bridgehead atoms. The third-order valence-electron chi connectivity index (χ3n) is 4.36. The molecule has 1 aliphatic rings. The van der Waals surface area contributed by atoms with Crippen LogP contribution >= 0.6 is 0 Å². The van der Waals surface area contributed by atoms with Crippen molar-refractivity contribution < 1.29 is 9.59 Å². The lowest BCUT2D eigenvalue weighted by Gasteiger charge is -2.33. The summed E-state index contributed by atoms with van der Waals surface area (Å²) in [4.78, 5) is 25.6. The molecule has 120 valence electrons. The maximum atomic E-state index is 12.3. The van der Waals surface area contributed by atoms with Crippen LogP contribution in [0.5, 0.6) is 0 Å². The van der Waals surface area contributed by atoms with Gasteiger partial charge in [0.2, 0.25) is 11.8 Å². The van der Waals surface area contributed by atoms with Crippen LogP contribution in [-0.2, 0) is 16.0 Å². The molecule has 0 saturated carbocycles. The number of hydrogen-bond acceptors (Lipinski definition) is 2. The van der Waals surface area contributed by atoms with Gasteiger partial charge in [-0.15, -0.1) is 0 Å². The van der Waals surface area contributed by atoms with E-state index in [4.69, 9.17) is 0 Å². The number of rotatable bonds is 5. The highest BCUT2D eigenvalue weighted by Crippen LogP contribution is 2.22. The minimum atomic E-state index is -0.418. The van der Waals surface area contributed by atoms with E-state index in [1.54, 1.807) is 13.8 Å². The van der Waals surface area contributed by atoms with Crippen LogP contribution in [0.1, 0.15) is 38.7 Å². The first-order valence-electron chi connectivity index (χ1n) is 8.22. The fourth-order valence-electron chi connectivity index (χ4n) is 2.98. The minimum Gasteiger partial charge on any atom is -0.345 e. The van der Waals surface area contributed by atoms with Gasteiger partial charge in [0.05, 0.1) is 0 Å². The predicted octanol–water partition coefficient (Wildman–Crippen LogP) is 2.38. The largest absolute Gasteiger partial charge is 0.345 e. The molecule has 22 heavy (non-hydrogen) atoms. The Morgan fingerprint density at radius 1 is 1.23 bits per heavy atom. The number of nitrogens with one attached hydrogen (secondary N) is 1. The van der Waals surface area contributed by atoms with E-state index in [9.17, 15) is 9.59 Å². The van der Waals surface area contributed by atoms with Crippen LogP contribution in [0, 0.1) is 5.92 Å². The molecule has 1 aliphatic heterocycles. The van der Waals surface area contributed by atoms with E-state index in [2.05, 4.69) is 29.6 Å². The normalized spacial score (nSPS) is 17.1. The lowest BCUT2D eigenvalue weighted by molar-refractivity contribution is -0.137. The predicted molar refractivity (Wildman–Crippen MR) is 87.3 cm³/mol. The Kier molecular flexibility index (Phi) is 5.99. The Bertz CT molecular complexity index is 493. The van der Waals surface area contributed by atoms with E-state index in [1.807, 2.05) is 11.0 Å². The van der Waals surface area contributed by atoms with Gasteiger partial charge in [0, 0.05) is 19.5 Å². The molecule has 1 fully saturated rings. The molecule has 4 nitrogen and oxygen atoms in total. The molecule has 1 aromatic rings. The number of carbonyl (C=O) groups is 2. The van der Waals surface area contributed by atoms with Gasteiger partial charge in [-0.25, -0.2) is 0 Å². The number of piperidine rings is 1. The summed E-state index contributed by atoms with van der Waals surface area (Å²) >= 11 is 0. The van der Waals surface area contributed by atoms with E-state index in [0.717, 1.165) is 32.4 Å². The zero-order valence-corrected chi connectivity index (χ0v) is 13.5. The highest BCUT2D eigenvalue weighted by Gasteiger charge is 2.26. The van der Waals surface area contributed by atoms with E-state index < -0.39 is 6.04 Å². The van der Waals surface area contributed by atoms with Crippen LogP contribution in [0.25, 0.3) is 0 Å². The van der Waals surface area contributed by atoms with Crippen molar-refractivity contribution in [2.45, 2.75) is 45.6 Å². The molecule has 0 aromatic heterocycles. The molecule has 0 aliphatic carbocycles. The van der Waals surface area contributed by atoms with E-state index in [-0.39, 0.29) is 11.8 Å². The maximum absolute atomic E-state index is 12.3. The zero-order chi connectivity index (χ0) is 15.9. The smallest absolute Gasteiger partial charge is 0.244 e. The standard InChI is InChI=1S/C18H26N2O2/c1-3-17(21)19-14(2)18(22)20-11-9-16(10-12-20)13-15-7-5-4-6-8-15/h4-8,14,16H,3,9-13H2,1-2H3,(H,19,21)/t14-/m1/s1. The van der Waals surface area contributed by atoms with Crippen molar-refractivity contribution in [2.24, 2.45) is 5.92 Å². The lowest BCUT2D eigenvalue weighted by atomic mass is 9.90. The van der Waals surface area contributed by atoms with Crippen LogP contribution in [0.2, 0.25) is 0 Å². The molecular formula is C18H26N2O2. The fraction of sp³-hybridized carbons (Fsp3) is 0.556. The highest BCUT2D eigenvalue weighted by molar-refractivity contribution is 5.87. The van der Waals surface area contributed by atoms with Gasteiger partial charge in [0.15, 0.2) is 0 Å². The molecule has 4 heteroatoms. The van der Waals surface area contributed by atoms with Crippen molar-refractivity contribution in [2.75, 3.05) is 13.1 Å². The van der Waals surface area contributed by atoms with Crippen LogP contribution in [0.3, 0.4) is 0 Å². The van der Waals surface area contributed by atoms with Crippen molar-refractivity contribution in [3.63, 3.8) is 0 Å². The number of likely N-dealkylation sites (tertiary alicyclic amines) is 1. The number of hydrogen-bond donors (Lipinski definition) is 1. The van der Waals surface area contributed by atoms with E-state index >= 15 is 0 Å². The summed E-state index contributed by atoms with van der Waals surface area (Å²) < 4.78 is 0. The summed E-state index contributed by atoms with van der Waals surface area (Å²) in [6, 6.07) is 10.1. The summed E-state index contributed by atoms with van der Waals surface area (Å²) in [7, 11) is 0. The molecule has 0 unspecified atom stereocenters. The molecule has 0 spiro atoms. The monoisotopic (exact) mass is 302 g/mol. The van der Waals surface area contributed by atoms with E-state index in [0.29, 0.717) is 12.3 Å². The van der Waals surface area contributed by atoms with Gasteiger partial charge in [0.1, 0.15) is 6.04 Å². The first kappa shape index (κ1) is 16.5. The average Bonchev–Trinajstić information content (AvgIpc) is 2.55. The SMILES string of the molecule is CCC(=O)N[C@H](C)C(=O)N1CCC(Cc2ccccc2)CC1. The van der Waals surface area contributed by atoms with Crippen molar-refractivity contribution in [3.8, 4) is 0 Å². The van der Waals surface area contributed by atoms with Crippen LogP contribution in [-0.4, -0.2) is 35.8 Å². The van der Waals surface area contributed by atoms with Crippen molar-refractivity contribution in [3.05, 3.63) is 35.9 Å². The summed E-state index contributed by atoms with van der Waals surface area (Å²) in [5.41, 5.74) is 1.37. The first-order chi connectivity index (χ1) is 10.6. The number of carbonyl (C=O) groups excluding carboxylic acids is 2. The second-order valence-electron chi connectivity index (χ2n) is 6.10.